The minimum absolute atomic E-state index is 0.00128. The molecule has 1 saturated carbocycles. The smallest absolute Gasteiger partial charge is 0.229 e. The van der Waals surface area contributed by atoms with E-state index >= 15 is 0 Å². The van der Waals surface area contributed by atoms with E-state index in [2.05, 4.69) is 24.0 Å². The first-order chi connectivity index (χ1) is 9.20. The number of carbonyl (C=O) groups is 1. The third kappa shape index (κ3) is 2.41. The lowest BCUT2D eigenvalue weighted by atomic mass is 9.70. The Morgan fingerprint density at radius 3 is 2.53 bits per heavy atom. The van der Waals surface area contributed by atoms with Crippen LogP contribution in [-0.4, -0.2) is 17.4 Å². The Hall–Kier alpha value is -1.31. The van der Waals surface area contributed by atoms with Crippen LogP contribution in [0.2, 0.25) is 0 Å². The van der Waals surface area contributed by atoms with Gasteiger partial charge in [0.05, 0.1) is 5.41 Å². The van der Waals surface area contributed by atoms with Crippen LogP contribution in [-0.2, 0) is 11.3 Å². The van der Waals surface area contributed by atoms with Gasteiger partial charge in [-0.15, -0.1) is 0 Å². The van der Waals surface area contributed by atoms with Crippen LogP contribution in [0.3, 0.4) is 0 Å². The Morgan fingerprint density at radius 2 is 1.84 bits per heavy atom. The van der Waals surface area contributed by atoms with E-state index in [9.17, 15) is 4.79 Å². The molecule has 0 atom stereocenters. The molecule has 3 rings (SSSR count). The molecule has 0 aromatic heterocycles. The summed E-state index contributed by atoms with van der Waals surface area (Å²) in [5.41, 5.74) is 1.25. The van der Waals surface area contributed by atoms with E-state index in [1.54, 1.807) is 0 Å². The molecule has 1 aliphatic carbocycles. The van der Waals surface area contributed by atoms with Gasteiger partial charge in [-0.1, -0.05) is 37.3 Å². The number of carbonyl (C=O) groups excluding carboxylic acids is 1. The molecule has 2 fully saturated rings. The lowest BCUT2D eigenvalue weighted by Crippen LogP contribution is -2.36. The molecule has 1 aliphatic heterocycles. The molecule has 1 aromatic carbocycles. The van der Waals surface area contributed by atoms with Gasteiger partial charge >= 0.3 is 0 Å². The number of rotatable bonds is 2. The predicted molar refractivity (Wildman–Crippen MR) is 76.5 cm³/mol. The molecule has 1 spiro atoms. The van der Waals surface area contributed by atoms with Gasteiger partial charge in [-0.3, -0.25) is 4.79 Å². The minimum Gasteiger partial charge on any atom is -0.338 e. The van der Waals surface area contributed by atoms with E-state index in [1.807, 2.05) is 18.2 Å². The third-order valence-corrected chi connectivity index (χ3v) is 5.05. The quantitative estimate of drug-likeness (QED) is 0.792. The maximum atomic E-state index is 12.7. The van der Waals surface area contributed by atoms with Crippen LogP contribution in [0, 0.1) is 11.3 Å². The fourth-order valence-electron chi connectivity index (χ4n) is 3.63. The van der Waals surface area contributed by atoms with Crippen molar-refractivity contribution in [1.29, 1.82) is 0 Å². The number of amides is 1. The monoisotopic (exact) mass is 257 g/mol. The average Bonchev–Trinajstić information content (AvgIpc) is 2.73. The summed E-state index contributed by atoms with van der Waals surface area (Å²) in [5.74, 6) is 1.23. The van der Waals surface area contributed by atoms with Crippen LogP contribution >= 0.6 is 0 Å². The van der Waals surface area contributed by atoms with E-state index in [-0.39, 0.29) is 5.41 Å². The molecule has 2 aliphatic rings. The average molecular weight is 257 g/mol. The summed E-state index contributed by atoms with van der Waals surface area (Å²) in [6.45, 7) is 4.05. The van der Waals surface area contributed by atoms with Crippen LogP contribution in [0.1, 0.15) is 44.6 Å². The van der Waals surface area contributed by atoms with Gasteiger partial charge in [0.1, 0.15) is 0 Å². The van der Waals surface area contributed by atoms with Gasteiger partial charge in [0.15, 0.2) is 0 Å². The summed E-state index contributed by atoms with van der Waals surface area (Å²) < 4.78 is 0. The highest BCUT2D eigenvalue weighted by atomic mass is 16.2. The first kappa shape index (κ1) is 12.7. The first-order valence-electron chi connectivity index (χ1n) is 7.53. The van der Waals surface area contributed by atoms with E-state index in [4.69, 9.17) is 0 Å². The Bertz CT molecular complexity index is 446. The molecule has 102 valence electrons. The number of hydrogen-bond acceptors (Lipinski definition) is 1. The molecule has 0 bridgehead atoms. The van der Waals surface area contributed by atoms with Crippen molar-refractivity contribution in [3.8, 4) is 0 Å². The van der Waals surface area contributed by atoms with E-state index < -0.39 is 0 Å². The third-order valence-electron chi connectivity index (χ3n) is 5.05. The van der Waals surface area contributed by atoms with Crippen molar-refractivity contribution in [2.24, 2.45) is 11.3 Å². The molecule has 1 heterocycles. The zero-order valence-electron chi connectivity index (χ0n) is 11.8. The van der Waals surface area contributed by atoms with Gasteiger partial charge < -0.3 is 4.90 Å². The van der Waals surface area contributed by atoms with Crippen LogP contribution in [0.25, 0.3) is 0 Å². The summed E-state index contributed by atoms with van der Waals surface area (Å²) in [6, 6.07) is 10.4. The van der Waals surface area contributed by atoms with Gasteiger partial charge in [-0.25, -0.2) is 0 Å². The topological polar surface area (TPSA) is 20.3 Å². The largest absolute Gasteiger partial charge is 0.338 e. The summed E-state index contributed by atoms with van der Waals surface area (Å²) in [6.07, 6.45) is 5.75. The summed E-state index contributed by atoms with van der Waals surface area (Å²) in [4.78, 5) is 14.8. The Labute approximate surface area is 115 Å². The number of likely N-dealkylation sites (tertiary alicyclic amines) is 1. The van der Waals surface area contributed by atoms with Gasteiger partial charge in [0, 0.05) is 13.1 Å². The molecule has 0 unspecified atom stereocenters. The van der Waals surface area contributed by atoms with Crippen molar-refractivity contribution in [1.82, 2.24) is 4.90 Å². The summed E-state index contributed by atoms with van der Waals surface area (Å²) in [7, 11) is 0. The van der Waals surface area contributed by atoms with Crippen molar-refractivity contribution in [3.05, 3.63) is 35.9 Å². The van der Waals surface area contributed by atoms with Crippen molar-refractivity contribution < 1.29 is 4.79 Å². The minimum atomic E-state index is 0.00128. The molecule has 2 heteroatoms. The van der Waals surface area contributed by atoms with Crippen molar-refractivity contribution >= 4 is 5.91 Å². The molecular weight excluding hydrogens is 234 g/mol. The normalized spacial score (nSPS) is 31.1. The summed E-state index contributed by atoms with van der Waals surface area (Å²) in [5, 5.41) is 0. The summed E-state index contributed by atoms with van der Waals surface area (Å²) >= 11 is 0. The van der Waals surface area contributed by atoms with E-state index in [0.717, 1.165) is 38.3 Å². The number of benzene rings is 1. The fourth-order valence-corrected chi connectivity index (χ4v) is 3.63. The lowest BCUT2D eigenvalue weighted by Gasteiger charge is -2.34. The van der Waals surface area contributed by atoms with Gasteiger partial charge in [-0.05, 0) is 43.6 Å². The molecule has 1 saturated heterocycles. The van der Waals surface area contributed by atoms with Crippen LogP contribution in [0.5, 0.6) is 0 Å². The van der Waals surface area contributed by atoms with Gasteiger partial charge in [0.25, 0.3) is 0 Å². The van der Waals surface area contributed by atoms with Crippen molar-refractivity contribution in [2.45, 2.75) is 45.6 Å². The Kier molecular flexibility index (Phi) is 3.34. The van der Waals surface area contributed by atoms with Crippen LogP contribution in [0.15, 0.2) is 30.3 Å². The van der Waals surface area contributed by atoms with Crippen molar-refractivity contribution in [3.63, 3.8) is 0 Å². The second-order valence-corrected chi connectivity index (χ2v) is 6.43. The maximum absolute atomic E-state index is 12.7. The highest BCUT2D eigenvalue weighted by molar-refractivity contribution is 5.84. The van der Waals surface area contributed by atoms with Gasteiger partial charge in [-0.2, -0.15) is 0 Å². The highest BCUT2D eigenvalue weighted by Crippen LogP contribution is 2.46. The Balaban J connectivity index is 1.69. The molecule has 2 nitrogen and oxygen atoms in total. The number of nitrogens with zero attached hydrogens (tertiary/aromatic N) is 1. The second-order valence-electron chi connectivity index (χ2n) is 6.43. The fraction of sp³-hybridized carbons (Fsp3) is 0.588. The van der Waals surface area contributed by atoms with E-state index in [0.29, 0.717) is 5.91 Å². The molecule has 1 aromatic rings. The molecule has 0 N–H and O–H groups in total. The van der Waals surface area contributed by atoms with Crippen LogP contribution in [0.4, 0.5) is 0 Å². The second kappa shape index (κ2) is 4.99. The van der Waals surface area contributed by atoms with Gasteiger partial charge in [0.2, 0.25) is 5.91 Å². The van der Waals surface area contributed by atoms with Crippen LogP contribution < -0.4 is 0 Å². The zero-order valence-corrected chi connectivity index (χ0v) is 11.8. The van der Waals surface area contributed by atoms with E-state index in [1.165, 1.54) is 18.4 Å². The molecule has 19 heavy (non-hydrogen) atoms. The lowest BCUT2D eigenvalue weighted by molar-refractivity contribution is -0.138. The first-order valence-corrected chi connectivity index (χ1v) is 7.53. The molecule has 0 radical (unpaired) electrons. The number of hydrogen-bond donors (Lipinski definition) is 0. The standard InChI is InChI=1S/C17H23NO/c1-14-7-9-17(10-8-14)11-12-18(16(17)19)13-15-5-3-2-4-6-15/h2-6,14H,7-13H2,1H3. The molecule has 1 amide bonds. The highest BCUT2D eigenvalue weighted by Gasteiger charge is 2.47. The SMILES string of the molecule is CC1CCC2(CC1)CCN(Cc1ccccc1)C2=O. The zero-order chi connectivity index (χ0) is 13.3. The molecular formula is C17H23NO. The maximum Gasteiger partial charge on any atom is 0.229 e. The van der Waals surface area contributed by atoms with Crippen molar-refractivity contribution in [2.75, 3.05) is 6.54 Å². The predicted octanol–water partition coefficient (Wildman–Crippen LogP) is 3.62. The Morgan fingerprint density at radius 1 is 1.16 bits per heavy atom.